The van der Waals surface area contributed by atoms with Crippen molar-refractivity contribution in [1.82, 2.24) is 24.6 Å². The fourth-order valence-electron chi connectivity index (χ4n) is 5.60. The van der Waals surface area contributed by atoms with Crippen LogP contribution in [0.25, 0.3) is 5.69 Å². The normalized spacial score (nSPS) is 19.0. The molecule has 36 heavy (non-hydrogen) atoms. The predicted molar refractivity (Wildman–Crippen MR) is 140 cm³/mol. The van der Waals surface area contributed by atoms with E-state index in [1.807, 2.05) is 17.9 Å². The first kappa shape index (κ1) is 23.2. The van der Waals surface area contributed by atoms with Gasteiger partial charge in [-0.3, -0.25) is 9.59 Å². The molecule has 2 aromatic heterocycles. The molecule has 3 aromatic rings. The molecule has 0 radical (unpaired) electrons. The van der Waals surface area contributed by atoms with E-state index in [2.05, 4.69) is 56.4 Å². The fourth-order valence-corrected chi connectivity index (χ4v) is 5.99. The Labute approximate surface area is 218 Å². The standard InChI is InChI=1S/C28H28BrN5O2/c1-3-26(35)32-14-12-22-27-23(34(31-22)20-8-6-19(7-9-20)18-4-5-18)13-15-33(24(27)16-32)28(36)21-10-11-25(29)30-17(21)2/h3,6-11,18,24H,1,4-5,12-16H2,2H3/t24-/m1/s1. The van der Waals surface area contributed by atoms with Crippen LogP contribution in [-0.2, 0) is 17.6 Å². The van der Waals surface area contributed by atoms with Gasteiger partial charge in [-0.1, -0.05) is 18.7 Å². The number of aromatic nitrogens is 3. The van der Waals surface area contributed by atoms with Gasteiger partial charge in [0.1, 0.15) is 4.60 Å². The number of aryl methyl sites for hydroxylation is 1. The highest BCUT2D eigenvalue weighted by molar-refractivity contribution is 9.10. The molecular formula is C28H28BrN5O2. The maximum atomic E-state index is 13.8. The van der Waals surface area contributed by atoms with Gasteiger partial charge in [-0.05, 0) is 77.5 Å². The molecule has 1 fully saturated rings. The van der Waals surface area contributed by atoms with Crippen LogP contribution in [0.3, 0.4) is 0 Å². The average Bonchev–Trinajstić information content (AvgIpc) is 3.69. The van der Waals surface area contributed by atoms with E-state index < -0.39 is 0 Å². The quantitative estimate of drug-likeness (QED) is 0.356. The van der Waals surface area contributed by atoms with Crippen molar-refractivity contribution in [2.24, 2.45) is 0 Å². The van der Waals surface area contributed by atoms with Gasteiger partial charge in [-0.15, -0.1) is 0 Å². The van der Waals surface area contributed by atoms with Gasteiger partial charge in [-0.25, -0.2) is 9.67 Å². The molecule has 0 N–H and O–H groups in total. The minimum atomic E-state index is -0.273. The van der Waals surface area contributed by atoms with Crippen LogP contribution in [0.5, 0.6) is 0 Å². The Hall–Kier alpha value is -3.26. The minimum Gasteiger partial charge on any atom is -0.336 e. The molecule has 1 atom stereocenters. The summed E-state index contributed by atoms with van der Waals surface area (Å²) in [6.07, 6.45) is 5.25. The molecule has 2 aliphatic heterocycles. The lowest BCUT2D eigenvalue weighted by Gasteiger charge is -2.38. The highest BCUT2D eigenvalue weighted by Gasteiger charge is 2.40. The van der Waals surface area contributed by atoms with Crippen molar-refractivity contribution in [3.8, 4) is 5.69 Å². The van der Waals surface area contributed by atoms with Crippen LogP contribution in [0, 0.1) is 6.92 Å². The Morgan fingerprint density at radius 2 is 1.86 bits per heavy atom. The molecule has 184 valence electrons. The van der Waals surface area contributed by atoms with Gasteiger partial charge in [0.25, 0.3) is 5.91 Å². The highest BCUT2D eigenvalue weighted by atomic mass is 79.9. The average molecular weight is 546 g/mol. The molecule has 1 aromatic carbocycles. The van der Waals surface area contributed by atoms with Gasteiger partial charge in [0.15, 0.2) is 0 Å². The van der Waals surface area contributed by atoms with Gasteiger partial charge in [0.05, 0.1) is 34.4 Å². The summed E-state index contributed by atoms with van der Waals surface area (Å²) < 4.78 is 2.76. The number of carbonyl (C=O) groups excluding carboxylic acids is 2. The summed E-state index contributed by atoms with van der Waals surface area (Å²) in [6, 6.07) is 12.1. The van der Waals surface area contributed by atoms with Crippen molar-refractivity contribution in [1.29, 1.82) is 0 Å². The predicted octanol–water partition coefficient (Wildman–Crippen LogP) is 4.53. The second kappa shape index (κ2) is 9.00. The van der Waals surface area contributed by atoms with E-state index >= 15 is 0 Å². The Kier molecular flexibility index (Phi) is 5.79. The topological polar surface area (TPSA) is 71.3 Å². The van der Waals surface area contributed by atoms with Gasteiger partial charge in [0.2, 0.25) is 5.91 Å². The van der Waals surface area contributed by atoms with Gasteiger partial charge >= 0.3 is 0 Å². The van der Waals surface area contributed by atoms with E-state index in [9.17, 15) is 9.59 Å². The molecule has 2 amide bonds. The number of halogens is 1. The lowest BCUT2D eigenvalue weighted by molar-refractivity contribution is -0.126. The maximum Gasteiger partial charge on any atom is 0.256 e. The smallest absolute Gasteiger partial charge is 0.256 e. The van der Waals surface area contributed by atoms with Crippen molar-refractivity contribution < 1.29 is 9.59 Å². The molecule has 6 rings (SSSR count). The number of hydrogen-bond donors (Lipinski definition) is 0. The number of nitrogens with zero attached hydrogens (tertiary/aromatic N) is 5. The Morgan fingerprint density at radius 1 is 1.08 bits per heavy atom. The molecule has 3 aliphatic rings. The fraction of sp³-hybridized carbons (Fsp3) is 0.357. The summed E-state index contributed by atoms with van der Waals surface area (Å²) in [7, 11) is 0. The molecule has 0 spiro atoms. The third kappa shape index (κ3) is 3.97. The molecular weight excluding hydrogens is 518 g/mol. The van der Waals surface area contributed by atoms with Crippen molar-refractivity contribution in [3.05, 3.63) is 87.4 Å². The second-order valence-corrected chi connectivity index (χ2v) is 10.7. The first-order valence-electron chi connectivity index (χ1n) is 12.5. The van der Waals surface area contributed by atoms with E-state index in [-0.39, 0.29) is 17.9 Å². The number of rotatable bonds is 4. The lowest BCUT2D eigenvalue weighted by Crippen LogP contribution is -2.46. The number of carbonyl (C=O) groups is 2. The van der Waals surface area contributed by atoms with E-state index in [0.29, 0.717) is 54.3 Å². The Bertz CT molecular complexity index is 1380. The summed E-state index contributed by atoms with van der Waals surface area (Å²) in [5.74, 6) is 0.522. The van der Waals surface area contributed by atoms with E-state index in [0.717, 1.165) is 22.6 Å². The maximum absolute atomic E-state index is 13.8. The third-order valence-electron chi connectivity index (χ3n) is 7.62. The van der Waals surface area contributed by atoms with Crippen molar-refractivity contribution >= 4 is 27.7 Å². The molecule has 1 aliphatic carbocycles. The van der Waals surface area contributed by atoms with Crippen molar-refractivity contribution in [2.75, 3.05) is 19.6 Å². The third-order valence-corrected chi connectivity index (χ3v) is 8.07. The van der Waals surface area contributed by atoms with Gasteiger partial charge < -0.3 is 9.80 Å². The summed E-state index contributed by atoms with van der Waals surface area (Å²) in [4.78, 5) is 34.6. The van der Waals surface area contributed by atoms with E-state index in [4.69, 9.17) is 5.10 Å². The minimum absolute atomic E-state index is 0.0662. The Balaban J connectivity index is 1.41. The Morgan fingerprint density at radius 3 is 2.56 bits per heavy atom. The van der Waals surface area contributed by atoms with Crippen molar-refractivity contribution in [2.45, 2.75) is 44.6 Å². The molecule has 0 bridgehead atoms. The van der Waals surface area contributed by atoms with Crippen LogP contribution in [0.4, 0.5) is 0 Å². The van der Waals surface area contributed by atoms with Crippen LogP contribution in [-0.4, -0.2) is 56.0 Å². The summed E-state index contributed by atoms with van der Waals surface area (Å²) in [6.45, 7) is 7.05. The molecule has 0 saturated heterocycles. The van der Waals surface area contributed by atoms with E-state index in [1.54, 1.807) is 11.0 Å². The number of hydrogen-bond acceptors (Lipinski definition) is 4. The van der Waals surface area contributed by atoms with Crippen LogP contribution < -0.4 is 0 Å². The summed E-state index contributed by atoms with van der Waals surface area (Å²) >= 11 is 3.39. The number of benzene rings is 1. The SMILES string of the molecule is C=CC(=O)N1CCc2nn(-c3ccc(C4CC4)cc3)c3c2[C@@H](C1)N(C(=O)c1ccc(Br)nc1C)CC3. The molecule has 1 saturated carbocycles. The zero-order valence-corrected chi connectivity index (χ0v) is 21.9. The largest absolute Gasteiger partial charge is 0.336 e. The summed E-state index contributed by atoms with van der Waals surface area (Å²) in [5.41, 5.74) is 6.89. The molecule has 0 unspecified atom stereocenters. The van der Waals surface area contributed by atoms with Crippen LogP contribution >= 0.6 is 15.9 Å². The number of amides is 2. The first-order chi connectivity index (χ1) is 17.4. The molecule has 8 heteroatoms. The molecule has 4 heterocycles. The zero-order valence-electron chi connectivity index (χ0n) is 20.3. The monoisotopic (exact) mass is 545 g/mol. The first-order valence-corrected chi connectivity index (χ1v) is 13.3. The van der Waals surface area contributed by atoms with Gasteiger partial charge in [-0.2, -0.15) is 5.10 Å². The lowest BCUT2D eigenvalue weighted by atomic mass is 9.94. The zero-order chi connectivity index (χ0) is 25.0. The van der Waals surface area contributed by atoms with Crippen LogP contribution in [0.2, 0.25) is 0 Å². The number of pyridine rings is 1. The van der Waals surface area contributed by atoms with Gasteiger partial charge in [0, 0.05) is 38.0 Å². The van der Waals surface area contributed by atoms with E-state index in [1.165, 1.54) is 24.5 Å². The van der Waals surface area contributed by atoms with Crippen LogP contribution in [0.15, 0.2) is 53.7 Å². The van der Waals surface area contributed by atoms with Crippen LogP contribution in [0.1, 0.15) is 63.4 Å². The summed E-state index contributed by atoms with van der Waals surface area (Å²) in [5, 5.41) is 5.04. The highest BCUT2D eigenvalue weighted by Crippen LogP contribution is 2.41. The second-order valence-electron chi connectivity index (χ2n) is 9.85. The molecule has 7 nitrogen and oxygen atoms in total. The van der Waals surface area contributed by atoms with Crippen molar-refractivity contribution in [3.63, 3.8) is 0 Å².